The van der Waals surface area contributed by atoms with Crippen molar-refractivity contribution < 1.29 is 18.9 Å². The molecule has 2 aliphatic rings. The van der Waals surface area contributed by atoms with Gasteiger partial charge in [0, 0.05) is 50.1 Å². The Bertz CT molecular complexity index is 1500. The number of fused-ring (bicyclic) bond motifs is 1. The summed E-state index contributed by atoms with van der Waals surface area (Å²) in [6.07, 6.45) is 6.84. The summed E-state index contributed by atoms with van der Waals surface area (Å²) in [4.78, 5) is 31.4. The number of likely N-dealkylation sites (tertiary alicyclic amines) is 2. The standard InChI is InChI=1S/C30H35BFN7O2.FH/c1-31(41)36-28-18-21(7-13-34-28)20-37-14-8-22(9-15-37)30(40)38-16-10-24(11-17-38)39-27-6-5-23(32)19-26(27)35-29(39)25-4-2-3-12-33-25;/h2-7,12-13,18-19,22,24,41H,8-11,14-17,20H2,1H3,(H,34,36);1H. The lowest BCUT2D eigenvalue weighted by Crippen LogP contribution is -2.45. The molecule has 4 aromatic rings. The Morgan fingerprint density at radius 2 is 1.81 bits per heavy atom. The minimum Gasteiger partial charge on any atom is -0.433 e. The molecule has 0 unspecified atom stereocenters. The van der Waals surface area contributed by atoms with E-state index < -0.39 is 7.05 Å². The maximum absolute atomic E-state index is 14.0. The molecule has 1 amide bonds. The molecule has 0 radical (unpaired) electrons. The van der Waals surface area contributed by atoms with Crippen LogP contribution >= 0.6 is 0 Å². The van der Waals surface area contributed by atoms with Crippen LogP contribution in [0.15, 0.2) is 60.9 Å². The van der Waals surface area contributed by atoms with Crippen molar-refractivity contribution in [2.24, 2.45) is 5.92 Å². The zero-order chi connectivity index (χ0) is 28.3. The van der Waals surface area contributed by atoms with Crippen LogP contribution in [-0.2, 0) is 11.3 Å². The largest absolute Gasteiger partial charge is 0.433 e. The first-order chi connectivity index (χ1) is 19.9. The van der Waals surface area contributed by atoms with E-state index in [0.29, 0.717) is 24.4 Å². The van der Waals surface area contributed by atoms with Crippen LogP contribution in [0.4, 0.5) is 14.9 Å². The number of carbonyl (C=O) groups is 1. The zero-order valence-corrected chi connectivity index (χ0v) is 23.7. The summed E-state index contributed by atoms with van der Waals surface area (Å²) < 4.78 is 16.2. The van der Waals surface area contributed by atoms with Gasteiger partial charge in [0.15, 0.2) is 5.82 Å². The first-order valence-corrected chi connectivity index (χ1v) is 14.4. The maximum Gasteiger partial charge on any atom is 0.408 e. The second kappa shape index (κ2) is 13.0. The summed E-state index contributed by atoms with van der Waals surface area (Å²) in [5.41, 5.74) is 3.41. The number of hydrogen-bond acceptors (Lipinski definition) is 7. The number of imidazole rings is 1. The van der Waals surface area contributed by atoms with Gasteiger partial charge in [0.25, 0.3) is 0 Å². The quantitative estimate of drug-likeness (QED) is 0.316. The van der Waals surface area contributed by atoms with Crippen molar-refractivity contribution >= 4 is 29.8 Å². The fourth-order valence-electron chi connectivity index (χ4n) is 6.18. The number of piperidine rings is 2. The van der Waals surface area contributed by atoms with Crippen LogP contribution in [0.5, 0.6) is 0 Å². The molecule has 0 spiro atoms. The summed E-state index contributed by atoms with van der Waals surface area (Å²) >= 11 is 0. The molecule has 0 atom stereocenters. The van der Waals surface area contributed by atoms with Gasteiger partial charge in [0.2, 0.25) is 5.91 Å². The number of nitrogens with zero attached hydrogens (tertiary/aromatic N) is 6. The molecule has 3 aromatic heterocycles. The van der Waals surface area contributed by atoms with Gasteiger partial charge in [0.05, 0.1) is 11.0 Å². The molecule has 0 saturated carbocycles. The SMILES string of the molecule is CB(O)Nc1cc(CN2CCC(C(=O)N3CCC(n4c(-c5ccccn5)nc5cc(F)ccc54)CC3)CC2)ccn1.F. The topological polar surface area (TPSA) is 99.4 Å². The number of benzene rings is 1. The monoisotopic (exact) mass is 575 g/mol. The molecule has 12 heteroatoms. The summed E-state index contributed by atoms with van der Waals surface area (Å²) in [5, 5.41) is 12.5. The third kappa shape index (κ3) is 6.44. The summed E-state index contributed by atoms with van der Waals surface area (Å²) in [5.74, 6) is 1.41. The fraction of sp³-hybridized carbons (Fsp3) is 0.400. The van der Waals surface area contributed by atoms with Crippen molar-refractivity contribution in [2.45, 2.75) is 45.1 Å². The molecule has 9 nitrogen and oxygen atoms in total. The Morgan fingerprint density at radius 1 is 1.02 bits per heavy atom. The fourth-order valence-corrected chi connectivity index (χ4v) is 6.18. The van der Waals surface area contributed by atoms with Gasteiger partial charge in [-0.2, -0.15) is 0 Å². The molecule has 0 bridgehead atoms. The molecule has 2 aliphatic heterocycles. The second-order valence-corrected chi connectivity index (χ2v) is 11.1. The van der Waals surface area contributed by atoms with Crippen molar-refractivity contribution in [3.8, 4) is 11.5 Å². The Morgan fingerprint density at radius 3 is 2.52 bits per heavy atom. The number of anilines is 1. The first kappa shape index (κ1) is 29.6. The number of pyridine rings is 2. The number of nitrogens with one attached hydrogen (secondary N) is 1. The molecular formula is C30H36BF2N7O2. The molecular weight excluding hydrogens is 539 g/mol. The van der Waals surface area contributed by atoms with E-state index >= 15 is 0 Å². The number of carbonyl (C=O) groups excluding carboxylic acids is 1. The van der Waals surface area contributed by atoms with Crippen LogP contribution in [0, 0.1) is 11.7 Å². The number of rotatable bonds is 7. The Hall–Kier alpha value is -3.90. The molecule has 5 heterocycles. The third-order valence-corrected chi connectivity index (χ3v) is 8.21. The second-order valence-electron chi connectivity index (χ2n) is 11.1. The number of halogens is 2. The van der Waals surface area contributed by atoms with Crippen LogP contribution < -0.4 is 5.23 Å². The molecule has 2 saturated heterocycles. The normalized spacial score (nSPS) is 16.8. The molecule has 2 N–H and O–H groups in total. The van der Waals surface area contributed by atoms with Gasteiger partial charge in [-0.05, 0) is 87.6 Å². The third-order valence-electron chi connectivity index (χ3n) is 8.21. The smallest absolute Gasteiger partial charge is 0.408 e. The van der Waals surface area contributed by atoms with Gasteiger partial charge in [0.1, 0.15) is 17.3 Å². The lowest BCUT2D eigenvalue weighted by Gasteiger charge is -2.38. The lowest BCUT2D eigenvalue weighted by atomic mass is 9.89. The zero-order valence-electron chi connectivity index (χ0n) is 23.7. The van der Waals surface area contributed by atoms with Crippen molar-refractivity contribution in [3.05, 3.63) is 72.3 Å². The Balaban J connectivity index is 0.00000353. The predicted octanol–water partition coefficient (Wildman–Crippen LogP) is 4.38. The molecule has 2 fully saturated rings. The summed E-state index contributed by atoms with van der Waals surface area (Å²) in [6, 6.07) is 14.6. The molecule has 6 rings (SSSR count). The Kier molecular flexibility index (Phi) is 9.13. The van der Waals surface area contributed by atoms with E-state index in [9.17, 15) is 14.2 Å². The van der Waals surface area contributed by atoms with Crippen LogP contribution in [0.3, 0.4) is 0 Å². The number of hydrogen-bond donors (Lipinski definition) is 2. The van der Waals surface area contributed by atoms with E-state index in [1.807, 2.05) is 35.2 Å². The highest BCUT2D eigenvalue weighted by Gasteiger charge is 2.32. The van der Waals surface area contributed by atoms with E-state index in [-0.39, 0.29) is 28.4 Å². The number of aromatic nitrogens is 4. The van der Waals surface area contributed by atoms with Crippen molar-refractivity contribution in [2.75, 3.05) is 31.4 Å². The summed E-state index contributed by atoms with van der Waals surface area (Å²) in [6.45, 7) is 5.61. The van der Waals surface area contributed by atoms with Crippen molar-refractivity contribution in [3.63, 3.8) is 0 Å². The van der Waals surface area contributed by atoms with Gasteiger partial charge >= 0.3 is 7.05 Å². The van der Waals surface area contributed by atoms with Crippen LogP contribution in [0.1, 0.15) is 37.3 Å². The molecule has 0 aliphatic carbocycles. The highest BCUT2D eigenvalue weighted by atomic mass is 19.1. The van der Waals surface area contributed by atoms with Gasteiger partial charge in [-0.15, -0.1) is 0 Å². The van der Waals surface area contributed by atoms with E-state index in [2.05, 4.69) is 24.7 Å². The minimum atomic E-state index is -0.656. The predicted molar refractivity (Wildman–Crippen MR) is 160 cm³/mol. The first-order valence-electron chi connectivity index (χ1n) is 14.4. The highest BCUT2D eigenvalue weighted by Crippen LogP contribution is 2.34. The van der Waals surface area contributed by atoms with E-state index in [1.165, 1.54) is 12.1 Å². The van der Waals surface area contributed by atoms with Gasteiger partial charge in [-0.3, -0.25) is 19.4 Å². The molecule has 220 valence electrons. The van der Waals surface area contributed by atoms with E-state index in [4.69, 9.17) is 4.98 Å². The highest BCUT2D eigenvalue weighted by molar-refractivity contribution is 6.52. The van der Waals surface area contributed by atoms with Crippen LogP contribution in [0.25, 0.3) is 22.6 Å². The van der Waals surface area contributed by atoms with Gasteiger partial charge in [-0.1, -0.05) is 6.07 Å². The van der Waals surface area contributed by atoms with Crippen molar-refractivity contribution in [1.82, 2.24) is 29.3 Å². The van der Waals surface area contributed by atoms with Crippen molar-refractivity contribution in [1.29, 1.82) is 0 Å². The van der Waals surface area contributed by atoms with E-state index in [0.717, 1.165) is 67.9 Å². The average molecular weight is 575 g/mol. The number of amides is 1. The summed E-state index contributed by atoms with van der Waals surface area (Å²) in [7, 11) is -0.656. The van der Waals surface area contributed by atoms with E-state index in [1.54, 1.807) is 25.3 Å². The van der Waals surface area contributed by atoms with Crippen LogP contribution in [0.2, 0.25) is 6.82 Å². The Labute approximate surface area is 244 Å². The lowest BCUT2D eigenvalue weighted by molar-refractivity contribution is -0.138. The maximum atomic E-state index is 14.0. The van der Waals surface area contributed by atoms with Crippen LogP contribution in [-0.4, -0.2) is 73.5 Å². The minimum absolute atomic E-state index is 0. The average Bonchev–Trinajstić information content (AvgIpc) is 3.36. The van der Waals surface area contributed by atoms with Gasteiger partial charge < -0.3 is 19.7 Å². The van der Waals surface area contributed by atoms with Gasteiger partial charge in [-0.25, -0.2) is 14.4 Å². The molecule has 1 aromatic carbocycles. The molecule has 42 heavy (non-hydrogen) atoms.